The smallest absolute Gasteiger partial charge is 0.322 e. The van der Waals surface area contributed by atoms with Gasteiger partial charge in [0.15, 0.2) is 0 Å². The minimum absolute atomic E-state index is 0.197. The maximum Gasteiger partial charge on any atom is 0.322 e. The van der Waals surface area contributed by atoms with Crippen molar-refractivity contribution in [2.75, 3.05) is 13.7 Å². The number of nitrogens with zero attached hydrogens (tertiary/aromatic N) is 3. The molecule has 8 heteroatoms. The molecule has 0 bridgehead atoms. The summed E-state index contributed by atoms with van der Waals surface area (Å²) in [5.41, 5.74) is 4.18. The van der Waals surface area contributed by atoms with Crippen molar-refractivity contribution in [3.8, 4) is 22.9 Å². The van der Waals surface area contributed by atoms with E-state index in [4.69, 9.17) is 19.0 Å². The van der Waals surface area contributed by atoms with E-state index in [1.807, 2.05) is 92.7 Å². The Hall–Kier alpha value is -4.59. The molecule has 0 fully saturated rings. The molecule has 0 saturated heterocycles. The molecule has 0 saturated carbocycles. The van der Waals surface area contributed by atoms with E-state index in [2.05, 4.69) is 10.5 Å². The van der Waals surface area contributed by atoms with Crippen molar-refractivity contribution in [1.82, 2.24) is 20.4 Å². The fourth-order valence-electron chi connectivity index (χ4n) is 4.38. The molecule has 4 aromatic rings. The Balaban J connectivity index is 1.55. The zero-order valence-corrected chi connectivity index (χ0v) is 21.0. The summed E-state index contributed by atoms with van der Waals surface area (Å²) in [6, 6.07) is 24.3. The molecule has 2 heterocycles. The first-order chi connectivity index (χ1) is 18.1. The van der Waals surface area contributed by atoms with Crippen LogP contribution < -0.4 is 14.8 Å². The van der Waals surface area contributed by atoms with Gasteiger partial charge in [-0.25, -0.2) is 4.79 Å². The average Bonchev–Trinajstić information content (AvgIpc) is 3.42. The van der Waals surface area contributed by atoms with E-state index in [1.165, 1.54) is 0 Å². The predicted molar refractivity (Wildman–Crippen MR) is 140 cm³/mol. The number of benzene rings is 3. The molecule has 2 amide bonds. The third-order valence-corrected chi connectivity index (χ3v) is 6.31. The van der Waals surface area contributed by atoms with Crippen molar-refractivity contribution in [3.05, 3.63) is 102 Å². The van der Waals surface area contributed by atoms with Crippen LogP contribution in [-0.2, 0) is 6.54 Å². The molecule has 1 aromatic heterocycles. The molecule has 5 rings (SSSR count). The summed E-state index contributed by atoms with van der Waals surface area (Å²) in [5, 5.41) is 7.38. The molecule has 0 spiro atoms. The van der Waals surface area contributed by atoms with E-state index in [0.29, 0.717) is 24.9 Å². The van der Waals surface area contributed by atoms with Gasteiger partial charge in [-0.3, -0.25) is 4.90 Å². The number of ether oxygens (including phenoxy) is 2. The van der Waals surface area contributed by atoms with Gasteiger partial charge in [-0.05, 0) is 61.4 Å². The van der Waals surface area contributed by atoms with Gasteiger partial charge in [-0.15, -0.1) is 0 Å². The molecule has 1 aliphatic heterocycles. The molecule has 1 atom stereocenters. The SMILES string of the molecule is CCOc1ccc(-c2noc(C3=C(C)N(Cc4ccccc4)C(=O)NC3c3ccc(OC)cc3)n2)cc1. The van der Waals surface area contributed by atoms with E-state index in [9.17, 15) is 4.79 Å². The number of nitrogens with one attached hydrogen (secondary N) is 1. The number of methoxy groups -OCH3 is 1. The Kier molecular flexibility index (Phi) is 6.89. The van der Waals surface area contributed by atoms with Crippen molar-refractivity contribution in [3.63, 3.8) is 0 Å². The van der Waals surface area contributed by atoms with Gasteiger partial charge in [0.1, 0.15) is 11.5 Å². The van der Waals surface area contributed by atoms with Crippen molar-refractivity contribution >= 4 is 11.6 Å². The molecule has 8 nitrogen and oxygen atoms in total. The lowest BCUT2D eigenvalue weighted by Crippen LogP contribution is -2.45. The van der Waals surface area contributed by atoms with Gasteiger partial charge in [-0.1, -0.05) is 47.6 Å². The van der Waals surface area contributed by atoms with Crippen LogP contribution in [0.25, 0.3) is 17.0 Å². The molecular weight excluding hydrogens is 468 g/mol. The van der Waals surface area contributed by atoms with Crippen LogP contribution in [0.1, 0.15) is 36.9 Å². The lowest BCUT2D eigenvalue weighted by molar-refractivity contribution is 0.203. The Morgan fingerprint density at radius 3 is 2.35 bits per heavy atom. The van der Waals surface area contributed by atoms with Crippen molar-refractivity contribution in [2.45, 2.75) is 26.4 Å². The third-order valence-electron chi connectivity index (χ3n) is 6.31. The highest BCUT2D eigenvalue weighted by Crippen LogP contribution is 2.38. The van der Waals surface area contributed by atoms with E-state index in [0.717, 1.165) is 39.5 Å². The zero-order chi connectivity index (χ0) is 25.8. The molecule has 188 valence electrons. The second-order valence-electron chi connectivity index (χ2n) is 8.61. The van der Waals surface area contributed by atoms with Crippen molar-refractivity contribution < 1.29 is 18.8 Å². The summed E-state index contributed by atoms with van der Waals surface area (Å²) in [5.74, 6) is 2.31. The molecule has 1 unspecified atom stereocenters. The standard InChI is InChI=1S/C29H28N4O4/c1-4-36-24-16-12-22(13-17-24)27-31-28(37-32-27)25-19(2)33(18-20-8-6-5-7-9-20)29(34)30-26(25)21-10-14-23(35-3)15-11-21/h5-17,26H,4,18H2,1-3H3,(H,30,34). The maximum absolute atomic E-state index is 13.3. The lowest BCUT2D eigenvalue weighted by atomic mass is 9.94. The fourth-order valence-corrected chi connectivity index (χ4v) is 4.38. The van der Waals surface area contributed by atoms with Crippen molar-refractivity contribution in [1.29, 1.82) is 0 Å². The zero-order valence-electron chi connectivity index (χ0n) is 21.0. The lowest BCUT2D eigenvalue weighted by Gasteiger charge is -2.35. The summed E-state index contributed by atoms with van der Waals surface area (Å²) in [4.78, 5) is 19.7. The highest BCUT2D eigenvalue weighted by molar-refractivity contribution is 5.87. The van der Waals surface area contributed by atoms with Crippen LogP contribution in [0, 0.1) is 0 Å². The van der Waals surface area contributed by atoms with Crippen LogP contribution in [0.3, 0.4) is 0 Å². The number of rotatable bonds is 8. The average molecular weight is 497 g/mol. The Morgan fingerprint density at radius 1 is 0.973 bits per heavy atom. The minimum Gasteiger partial charge on any atom is -0.497 e. The van der Waals surface area contributed by atoms with E-state index < -0.39 is 6.04 Å². The highest BCUT2D eigenvalue weighted by Gasteiger charge is 2.35. The van der Waals surface area contributed by atoms with Crippen LogP contribution >= 0.6 is 0 Å². The number of urea groups is 1. The number of aromatic nitrogens is 2. The molecule has 3 aromatic carbocycles. The van der Waals surface area contributed by atoms with Gasteiger partial charge < -0.3 is 19.3 Å². The summed E-state index contributed by atoms with van der Waals surface area (Å²) in [7, 11) is 1.62. The van der Waals surface area contributed by atoms with E-state index in [-0.39, 0.29) is 6.03 Å². The first kappa shape index (κ1) is 24.1. The third kappa shape index (κ3) is 5.04. The van der Waals surface area contributed by atoms with E-state index >= 15 is 0 Å². The molecule has 1 N–H and O–H groups in total. The number of carbonyl (C=O) groups is 1. The number of hydrogen-bond acceptors (Lipinski definition) is 6. The van der Waals surface area contributed by atoms with Crippen LogP contribution in [0.2, 0.25) is 0 Å². The number of hydrogen-bond donors (Lipinski definition) is 1. The number of amides is 2. The summed E-state index contributed by atoms with van der Waals surface area (Å²) < 4.78 is 16.6. The van der Waals surface area contributed by atoms with Crippen LogP contribution in [0.15, 0.2) is 89.1 Å². The fraction of sp³-hybridized carbons (Fsp3) is 0.207. The van der Waals surface area contributed by atoms with Crippen LogP contribution in [0.4, 0.5) is 4.79 Å². The molecule has 1 aliphatic rings. The maximum atomic E-state index is 13.3. The molecule has 0 radical (unpaired) electrons. The Labute approximate surface area is 215 Å². The molecule has 37 heavy (non-hydrogen) atoms. The number of allylic oxidation sites excluding steroid dienone is 1. The summed E-state index contributed by atoms with van der Waals surface area (Å²) in [6.07, 6.45) is 0. The second-order valence-corrected chi connectivity index (χ2v) is 8.61. The van der Waals surface area contributed by atoms with Crippen molar-refractivity contribution in [2.24, 2.45) is 0 Å². The Morgan fingerprint density at radius 2 is 1.68 bits per heavy atom. The molecule has 0 aliphatic carbocycles. The largest absolute Gasteiger partial charge is 0.497 e. The minimum atomic E-state index is -0.473. The van der Waals surface area contributed by atoms with Gasteiger partial charge in [0.25, 0.3) is 5.89 Å². The van der Waals surface area contributed by atoms with Gasteiger partial charge in [0.2, 0.25) is 5.82 Å². The molecular formula is C29H28N4O4. The van der Waals surface area contributed by atoms with Gasteiger partial charge in [0.05, 0.1) is 31.9 Å². The van der Waals surface area contributed by atoms with Gasteiger partial charge >= 0.3 is 6.03 Å². The van der Waals surface area contributed by atoms with E-state index in [1.54, 1.807) is 12.0 Å². The predicted octanol–water partition coefficient (Wildman–Crippen LogP) is 5.84. The summed E-state index contributed by atoms with van der Waals surface area (Å²) >= 11 is 0. The highest BCUT2D eigenvalue weighted by atomic mass is 16.5. The number of carbonyl (C=O) groups excluding carboxylic acids is 1. The summed E-state index contributed by atoms with van der Waals surface area (Å²) in [6.45, 7) is 4.86. The first-order valence-corrected chi connectivity index (χ1v) is 12.1. The van der Waals surface area contributed by atoms with Crippen LogP contribution in [-0.4, -0.2) is 34.8 Å². The quantitative estimate of drug-likeness (QED) is 0.330. The first-order valence-electron chi connectivity index (χ1n) is 12.1. The topological polar surface area (TPSA) is 89.7 Å². The normalized spacial score (nSPS) is 15.5. The van der Waals surface area contributed by atoms with Gasteiger partial charge in [-0.2, -0.15) is 4.98 Å². The Bertz CT molecular complexity index is 1400. The van der Waals surface area contributed by atoms with Gasteiger partial charge in [0, 0.05) is 11.3 Å². The second kappa shape index (κ2) is 10.6. The monoisotopic (exact) mass is 496 g/mol. The van der Waals surface area contributed by atoms with Crippen LogP contribution in [0.5, 0.6) is 11.5 Å².